The van der Waals surface area contributed by atoms with Crippen molar-refractivity contribution in [3.05, 3.63) is 75.8 Å². The summed E-state index contributed by atoms with van der Waals surface area (Å²) in [4.78, 5) is 16.1. The first kappa shape index (κ1) is 15.8. The zero-order valence-electron chi connectivity index (χ0n) is 14.3. The number of halogens is 1. The number of aromatic nitrogens is 5. The summed E-state index contributed by atoms with van der Waals surface area (Å²) in [7, 11) is 0. The molecule has 0 aliphatic rings. The lowest BCUT2D eigenvalue weighted by Gasteiger charge is -2.06. The van der Waals surface area contributed by atoms with Crippen LogP contribution in [-0.2, 0) is 0 Å². The highest BCUT2D eigenvalue weighted by atomic mass is 35.5. The van der Waals surface area contributed by atoms with Gasteiger partial charge in [-0.25, -0.2) is 0 Å². The first-order valence-corrected chi connectivity index (χ1v) is 8.80. The quantitative estimate of drug-likeness (QED) is 0.485. The van der Waals surface area contributed by atoms with Gasteiger partial charge in [-0.05, 0) is 42.3 Å². The van der Waals surface area contributed by atoms with Crippen LogP contribution >= 0.6 is 11.6 Å². The van der Waals surface area contributed by atoms with Gasteiger partial charge >= 0.3 is 0 Å². The molecule has 2 N–H and O–H groups in total. The predicted octanol–water partition coefficient (Wildman–Crippen LogP) is 4.19. The largest absolute Gasteiger partial charge is 0.339 e. The lowest BCUT2D eigenvalue weighted by Crippen LogP contribution is -2.14. The van der Waals surface area contributed by atoms with Crippen molar-refractivity contribution in [2.24, 2.45) is 0 Å². The average molecular weight is 376 g/mol. The van der Waals surface area contributed by atoms with Gasteiger partial charge in [0.15, 0.2) is 0 Å². The fourth-order valence-electron chi connectivity index (χ4n) is 3.38. The van der Waals surface area contributed by atoms with E-state index in [-0.39, 0.29) is 5.56 Å². The van der Waals surface area contributed by atoms with Crippen LogP contribution < -0.4 is 5.56 Å². The van der Waals surface area contributed by atoms with E-state index >= 15 is 0 Å². The van der Waals surface area contributed by atoms with E-state index in [4.69, 9.17) is 11.6 Å². The van der Waals surface area contributed by atoms with Crippen molar-refractivity contribution >= 4 is 28.2 Å². The molecule has 0 atom stereocenters. The van der Waals surface area contributed by atoms with Gasteiger partial charge in [0, 0.05) is 22.0 Å². The summed E-state index contributed by atoms with van der Waals surface area (Å²) >= 11 is 6.01. The number of H-pyrrole nitrogens is 2. The van der Waals surface area contributed by atoms with Gasteiger partial charge in [0.2, 0.25) is 0 Å². The molecule has 6 nitrogen and oxygen atoms in total. The molecule has 7 heteroatoms. The summed E-state index contributed by atoms with van der Waals surface area (Å²) in [6, 6.07) is 15.0. The summed E-state index contributed by atoms with van der Waals surface area (Å²) < 4.78 is 1.40. The second-order valence-electron chi connectivity index (χ2n) is 6.42. The van der Waals surface area contributed by atoms with Crippen molar-refractivity contribution in [2.45, 2.75) is 6.92 Å². The van der Waals surface area contributed by atoms with Gasteiger partial charge in [-0.2, -0.15) is 14.7 Å². The number of nitrogens with zero attached hydrogens (tertiary/aromatic N) is 3. The summed E-state index contributed by atoms with van der Waals surface area (Å²) in [6.45, 7) is 1.89. The molecule has 3 heterocycles. The Labute approximate surface area is 158 Å². The number of hydrogen-bond donors (Lipinski definition) is 2. The number of rotatable bonds is 2. The third kappa shape index (κ3) is 2.53. The van der Waals surface area contributed by atoms with Gasteiger partial charge in [0.05, 0.1) is 23.1 Å². The fraction of sp³-hybridized carbons (Fsp3) is 0.0500. The molecule has 0 aliphatic carbocycles. The molecule has 5 rings (SSSR count). The predicted molar refractivity (Wildman–Crippen MR) is 106 cm³/mol. The van der Waals surface area contributed by atoms with Crippen LogP contribution in [0.25, 0.3) is 38.9 Å². The number of fused-ring (bicyclic) bond motifs is 2. The number of aromatic amines is 2. The van der Waals surface area contributed by atoms with Gasteiger partial charge in [-0.1, -0.05) is 29.8 Å². The minimum atomic E-state index is -0.186. The molecule has 0 bridgehead atoms. The van der Waals surface area contributed by atoms with E-state index in [9.17, 15) is 4.79 Å². The highest BCUT2D eigenvalue weighted by molar-refractivity contribution is 6.30. The maximum atomic E-state index is 12.7. The zero-order valence-corrected chi connectivity index (χ0v) is 15.1. The maximum Gasteiger partial charge on any atom is 0.274 e. The molecule has 132 valence electrons. The monoisotopic (exact) mass is 375 g/mol. The van der Waals surface area contributed by atoms with Gasteiger partial charge in [0.1, 0.15) is 5.65 Å². The molecule has 0 spiro atoms. The molecule has 0 aliphatic heterocycles. The normalized spacial score (nSPS) is 11.5. The molecule has 0 unspecified atom stereocenters. The number of nitrogens with one attached hydrogen (secondary N) is 2. The average Bonchev–Trinajstić information content (AvgIpc) is 3.26. The Morgan fingerprint density at radius 1 is 1.04 bits per heavy atom. The van der Waals surface area contributed by atoms with E-state index in [2.05, 4.69) is 20.3 Å². The third-order valence-electron chi connectivity index (χ3n) is 4.67. The minimum absolute atomic E-state index is 0.186. The van der Waals surface area contributed by atoms with Crippen LogP contribution in [0.2, 0.25) is 5.02 Å². The molecule has 5 aromatic rings. The Morgan fingerprint density at radius 3 is 2.63 bits per heavy atom. The summed E-state index contributed by atoms with van der Waals surface area (Å²) in [5.41, 5.74) is 5.66. The van der Waals surface area contributed by atoms with Gasteiger partial charge in [-0.3, -0.25) is 9.89 Å². The fourth-order valence-corrected chi connectivity index (χ4v) is 3.50. The van der Waals surface area contributed by atoms with Crippen LogP contribution in [0.15, 0.2) is 59.5 Å². The van der Waals surface area contributed by atoms with Gasteiger partial charge in [0.25, 0.3) is 5.56 Å². The van der Waals surface area contributed by atoms with Crippen molar-refractivity contribution in [3.8, 4) is 22.4 Å². The van der Waals surface area contributed by atoms with E-state index in [1.54, 1.807) is 12.3 Å². The number of aryl methyl sites for hydroxylation is 1. The van der Waals surface area contributed by atoms with Gasteiger partial charge in [-0.15, -0.1) is 0 Å². The lowest BCUT2D eigenvalue weighted by atomic mass is 10.1. The third-order valence-corrected chi connectivity index (χ3v) is 4.93. The molecule has 0 amide bonds. The number of benzene rings is 2. The van der Waals surface area contributed by atoms with Gasteiger partial charge < -0.3 is 4.98 Å². The van der Waals surface area contributed by atoms with Crippen LogP contribution in [0, 0.1) is 6.92 Å². The molecule has 27 heavy (non-hydrogen) atoms. The lowest BCUT2D eigenvalue weighted by molar-refractivity contribution is 0.882. The highest BCUT2D eigenvalue weighted by Gasteiger charge is 2.15. The van der Waals surface area contributed by atoms with Crippen molar-refractivity contribution in [3.63, 3.8) is 0 Å². The van der Waals surface area contributed by atoms with E-state index in [0.717, 1.165) is 39.0 Å². The Hall–Kier alpha value is -3.38. The minimum Gasteiger partial charge on any atom is -0.339 e. The summed E-state index contributed by atoms with van der Waals surface area (Å²) in [6.07, 6.45) is 1.76. The van der Waals surface area contributed by atoms with E-state index in [0.29, 0.717) is 10.7 Å². The molecule has 0 radical (unpaired) electrons. The Morgan fingerprint density at radius 2 is 1.81 bits per heavy atom. The Bertz CT molecular complexity index is 1360. The van der Waals surface area contributed by atoms with Crippen LogP contribution in [0.4, 0.5) is 0 Å². The first-order valence-electron chi connectivity index (χ1n) is 8.42. The SMILES string of the molecule is Cc1nn2c(=O)cc(-c3ccc4[nH]ncc4c3)[nH]c2c1-c1ccc(Cl)cc1. The molecular weight excluding hydrogens is 362 g/mol. The first-order chi connectivity index (χ1) is 13.1. The zero-order chi connectivity index (χ0) is 18.5. The van der Waals surface area contributed by atoms with Crippen LogP contribution in [0.3, 0.4) is 0 Å². The van der Waals surface area contributed by atoms with Crippen molar-refractivity contribution < 1.29 is 0 Å². The van der Waals surface area contributed by atoms with E-state index < -0.39 is 0 Å². The van der Waals surface area contributed by atoms with Crippen molar-refractivity contribution in [1.29, 1.82) is 0 Å². The highest BCUT2D eigenvalue weighted by Crippen LogP contribution is 2.29. The van der Waals surface area contributed by atoms with Crippen LogP contribution in [-0.4, -0.2) is 24.8 Å². The van der Waals surface area contributed by atoms with E-state index in [1.807, 2.05) is 49.4 Å². The Kier molecular flexibility index (Phi) is 3.42. The van der Waals surface area contributed by atoms with Crippen molar-refractivity contribution in [2.75, 3.05) is 0 Å². The maximum absolute atomic E-state index is 12.7. The molecule has 0 saturated heterocycles. The summed E-state index contributed by atoms with van der Waals surface area (Å²) in [5.74, 6) is 0. The molecule has 0 saturated carbocycles. The second kappa shape index (κ2) is 5.82. The smallest absolute Gasteiger partial charge is 0.274 e. The molecule has 2 aromatic carbocycles. The molecule has 0 fully saturated rings. The standard InChI is InChI=1S/C20H14ClN5O/c1-11-19(12-2-5-15(21)6-3-12)20-23-17(9-18(27)26(20)25-11)13-4-7-16-14(8-13)10-22-24-16/h2-10,23H,1H3,(H,22,24). The molecular formula is C20H14ClN5O. The van der Waals surface area contributed by atoms with Crippen LogP contribution in [0.1, 0.15) is 5.69 Å². The van der Waals surface area contributed by atoms with E-state index in [1.165, 1.54) is 4.52 Å². The molecule has 3 aromatic heterocycles. The van der Waals surface area contributed by atoms with Crippen molar-refractivity contribution in [1.82, 2.24) is 24.8 Å². The summed E-state index contributed by atoms with van der Waals surface area (Å²) in [5, 5.41) is 13.0. The number of hydrogen-bond acceptors (Lipinski definition) is 3. The topological polar surface area (TPSA) is 78.8 Å². The Balaban J connectivity index is 1.77. The van der Waals surface area contributed by atoms with Crippen LogP contribution in [0.5, 0.6) is 0 Å². The second-order valence-corrected chi connectivity index (χ2v) is 6.86.